The minimum atomic E-state index is -0.490. The normalized spacial score (nSPS) is 13.1. The molecule has 2 aromatic heterocycles. The second-order valence-electron chi connectivity index (χ2n) is 6.58. The Bertz CT molecular complexity index is 1010. The molecule has 0 unspecified atom stereocenters. The van der Waals surface area contributed by atoms with Gasteiger partial charge in [0.15, 0.2) is 0 Å². The van der Waals surface area contributed by atoms with Gasteiger partial charge in [-0.25, -0.2) is 14.2 Å². The molecule has 0 radical (unpaired) electrons. The number of primary amides is 1. The second-order valence-corrected chi connectivity index (χ2v) is 6.58. The number of anilines is 1. The summed E-state index contributed by atoms with van der Waals surface area (Å²) >= 11 is 0. The second kappa shape index (κ2) is 7.64. The maximum absolute atomic E-state index is 13.0. The summed E-state index contributed by atoms with van der Waals surface area (Å²) < 4.78 is 18.8. The van der Waals surface area contributed by atoms with Crippen LogP contribution in [-0.2, 0) is 13.0 Å². The maximum Gasteiger partial charge on any atom is 0.320 e. The van der Waals surface area contributed by atoms with Crippen molar-refractivity contribution in [3.63, 3.8) is 0 Å². The molecule has 0 atom stereocenters. The highest BCUT2D eigenvalue weighted by atomic mass is 19.1. The van der Waals surface area contributed by atoms with Crippen molar-refractivity contribution < 1.29 is 13.9 Å². The molecule has 3 aromatic rings. The molecule has 0 bridgehead atoms. The molecule has 1 aliphatic rings. The molecule has 0 saturated carbocycles. The molecule has 28 heavy (non-hydrogen) atoms. The Labute approximate surface area is 161 Å². The number of ether oxygens (including phenoxy) is 1. The van der Waals surface area contributed by atoms with Gasteiger partial charge < -0.3 is 10.5 Å². The Hall–Kier alpha value is -3.48. The Morgan fingerprint density at radius 3 is 2.82 bits per heavy atom. The summed E-state index contributed by atoms with van der Waals surface area (Å²) in [5.41, 5.74) is 9.17. The lowest BCUT2D eigenvalue weighted by molar-refractivity contribution is 0.253. The van der Waals surface area contributed by atoms with Crippen LogP contribution in [0.1, 0.15) is 17.5 Å². The number of aromatic nitrogens is 2. The number of urea groups is 1. The fourth-order valence-corrected chi connectivity index (χ4v) is 3.33. The summed E-state index contributed by atoms with van der Waals surface area (Å²) in [5.74, 6) is 0.905. The molecule has 2 N–H and O–H groups in total. The third-order valence-corrected chi connectivity index (χ3v) is 4.72. The molecule has 1 aromatic carbocycles. The van der Waals surface area contributed by atoms with Crippen LogP contribution in [0.3, 0.4) is 0 Å². The van der Waals surface area contributed by atoms with Crippen molar-refractivity contribution in [2.75, 3.05) is 11.4 Å². The van der Waals surface area contributed by atoms with Gasteiger partial charge in [0, 0.05) is 41.8 Å². The average Bonchev–Trinajstić information content (AvgIpc) is 2.72. The van der Waals surface area contributed by atoms with Crippen LogP contribution in [0.2, 0.25) is 0 Å². The first-order valence-corrected chi connectivity index (χ1v) is 8.99. The highest BCUT2D eigenvalue weighted by Gasteiger charge is 2.22. The number of fused-ring (bicyclic) bond motifs is 1. The summed E-state index contributed by atoms with van der Waals surface area (Å²) in [6, 6.07) is 9.32. The van der Waals surface area contributed by atoms with Gasteiger partial charge in [-0.05, 0) is 54.8 Å². The Morgan fingerprint density at radius 2 is 2.04 bits per heavy atom. The Kier molecular flexibility index (Phi) is 4.89. The van der Waals surface area contributed by atoms with Crippen molar-refractivity contribution >= 4 is 11.8 Å². The van der Waals surface area contributed by atoms with Crippen molar-refractivity contribution in [2.24, 2.45) is 5.73 Å². The van der Waals surface area contributed by atoms with E-state index in [-0.39, 0.29) is 5.82 Å². The van der Waals surface area contributed by atoms with Crippen molar-refractivity contribution in [1.29, 1.82) is 0 Å². The van der Waals surface area contributed by atoms with Gasteiger partial charge in [-0.3, -0.25) is 9.88 Å². The van der Waals surface area contributed by atoms with Crippen LogP contribution < -0.4 is 15.4 Å². The first kappa shape index (κ1) is 17.9. The molecule has 2 amide bonds. The number of hydrogen-bond donors (Lipinski definition) is 1. The Balaban J connectivity index is 1.61. The molecule has 7 heteroatoms. The van der Waals surface area contributed by atoms with E-state index in [0.717, 1.165) is 35.1 Å². The highest BCUT2D eigenvalue weighted by Crippen LogP contribution is 2.31. The van der Waals surface area contributed by atoms with Crippen LogP contribution in [0.5, 0.6) is 5.75 Å². The molecule has 0 saturated heterocycles. The standard InChI is InChI=1S/C21H19FN4O2/c22-17-3-5-18(6-4-17)28-13-15-7-8-24-12-19(15)16-10-14-2-1-9-26(21(23)27)20(14)25-11-16/h3-8,10-12H,1-2,9,13H2,(H2,23,27). The number of aryl methyl sites for hydroxylation is 1. The SMILES string of the molecule is NC(=O)N1CCCc2cc(-c3cnccc3COc3ccc(F)cc3)cnc21. The minimum absolute atomic E-state index is 0.304. The topological polar surface area (TPSA) is 81.3 Å². The van der Waals surface area contributed by atoms with Crippen LogP contribution in [-0.4, -0.2) is 22.5 Å². The zero-order valence-electron chi connectivity index (χ0n) is 15.1. The maximum atomic E-state index is 13.0. The van der Waals surface area contributed by atoms with Crippen molar-refractivity contribution in [3.05, 3.63) is 71.9 Å². The van der Waals surface area contributed by atoms with Crippen LogP contribution in [0, 0.1) is 5.82 Å². The van der Waals surface area contributed by atoms with Crippen molar-refractivity contribution in [3.8, 4) is 16.9 Å². The van der Waals surface area contributed by atoms with E-state index >= 15 is 0 Å². The molecule has 4 rings (SSSR count). The molecule has 0 aliphatic carbocycles. The predicted octanol–water partition coefficient (Wildman–Crippen LogP) is 3.69. The van der Waals surface area contributed by atoms with Crippen molar-refractivity contribution in [1.82, 2.24) is 9.97 Å². The van der Waals surface area contributed by atoms with E-state index < -0.39 is 6.03 Å². The molecule has 0 spiro atoms. The van der Waals surface area contributed by atoms with Gasteiger partial charge in [-0.2, -0.15) is 0 Å². The number of pyridine rings is 2. The number of amides is 2. The van der Waals surface area contributed by atoms with Gasteiger partial charge in [0.25, 0.3) is 0 Å². The zero-order valence-corrected chi connectivity index (χ0v) is 15.1. The van der Waals surface area contributed by atoms with E-state index in [4.69, 9.17) is 10.5 Å². The highest BCUT2D eigenvalue weighted by molar-refractivity contribution is 5.91. The largest absolute Gasteiger partial charge is 0.489 e. The molecular weight excluding hydrogens is 359 g/mol. The molecule has 6 nitrogen and oxygen atoms in total. The molecule has 1 aliphatic heterocycles. The van der Waals surface area contributed by atoms with Crippen LogP contribution in [0.15, 0.2) is 55.0 Å². The van der Waals surface area contributed by atoms with Gasteiger partial charge in [-0.1, -0.05) is 0 Å². The monoisotopic (exact) mass is 378 g/mol. The molecule has 0 fully saturated rings. The average molecular weight is 378 g/mol. The number of carbonyl (C=O) groups is 1. The zero-order chi connectivity index (χ0) is 19.5. The third kappa shape index (κ3) is 3.64. The van der Waals surface area contributed by atoms with E-state index in [2.05, 4.69) is 9.97 Å². The van der Waals surface area contributed by atoms with Crippen molar-refractivity contribution in [2.45, 2.75) is 19.4 Å². The lowest BCUT2D eigenvalue weighted by Crippen LogP contribution is -2.40. The van der Waals surface area contributed by atoms with E-state index in [0.29, 0.717) is 24.7 Å². The van der Waals surface area contributed by atoms with E-state index in [1.54, 1.807) is 30.7 Å². The van der Waals surface area contributed by atoms with Gasteiger partial charge in [0.05, 0.1) is 0 Å². The van der Waals surface area contributed by atoms with Gasteiger partial charge in [-0.15, -0.1) is 0 Å². The molecule has 3 heterocycles. The van der Waals surface area contributed by atoms with E-state index in [1.807, 2.05) is 12.1 Å². The Morgan fingerprint density at radius 1 is 1.21 bits per heavy atom. The number of halogens is 1. The van der Waals surface area contributed by atoms with E-state index in [9.17, 15) is 9.18 Å². The number of benzene rings is 1. The van der Waals surface area contributed by atoms with Gasteiger partial charge in [0.1, 0.15) is 24.0 Å². The number of carbonyl (C=O) groups excluding carboxylic acids is 1. The smallest absolute Gasteiger partial charge is 0.320 e. The molecule has 142 valence electrons. The number of rotatable bonds is 4. The van der Waals surface area contributed by atoms with Gasteiger partial charge in [0.2, 0.25) is 0 Å². The number of hydrogen-bond acceptors (Lipinski definition) is 4. The lowest BCUT2D eigenvalue weighted by atomic mass is 9.99. The summed E-state index contributed by atoms with van der Waals surface area (Å²) in [6.45, 7) is 0.895. The predicted molar refractivity (Wildman–Crippen MR) is 103 cm³/mol. The summed E-state index contributed by atoms with van der Waals surface area (Å²) in [6.07, 6.45) is 6.86. The number of nitrogens with zero attached hydrogens (tertiary/aromatic N) is 3. The number of nitrogens with two attached hydrogens (primary N) is 1. The van der Waals surface area contributed by atoms with Gasteiger partial charge >= 0.3 is 6.03 Å². The fraction of sp³-hybridized carbons (Fsp3) is 0.190. The van der Waals surface area contributed by atoms with Crippen LogP contribution in [0.4, 0.5) is 15.0 Å². The first-order chi connectivity index (χ1) is 13.6. The lowest BCUT2D eigenvalue weighted by Gasteiger charge is -2.27. The quantitative estimate of drug-likeness (QED) is 0.751. The minimum Gasteiger partial charge on any atom is -0.489 e. The third-order valence-electron chi connectivity index (χ3n) is 4.72. The molecular formula is C21H19FN4O2. The summed E-state index contributed by atoms with van der Waals surface area (Å²) in [4.78, 5) is 21.8. The van der Waals surface area contributed by atoms with E-state index in [1.165, 1.54) is 17.0 Å². The fourth-order valence-electron chi connectivity index (χ4n) is 3.33. The first-order valence-electron chi connectivity index (χ1n) is 8.99. The van der Waals surface area contributed by atoms with Crippen LogP contribution in [0.25, 0.3) is 11.1 Å². The summed E-state index contributed by atoms with van der Waals surface area (Å²) in [5, 5.41) is 0. The summed E-state index contributed by atoms with van der Waals surface area (Å²) in [7, 11) is 0. The van der Waals surface area contributed by atoms with Crippen LogP contribution >= 0.6 is 0 Å².